The summed E-state index contributed by atoms with van der Waals surface area (Å²) in [5.41, 5.74) is 5.17. The van der Waals surface area contributed by atoms with Gasteiger partial charge in [0.15, 0.2) is 17.5 Å². The summed E-state index contributed by atoms with van der Waals surface area (Å²) in [4.78, 5) is 0. The van der Waals surface area contributed by atoms with Gasteiger partial charge in [-0.15, -0.1) is 0 Å². The molecule has 1 saturated heterocycles. The first-order valence-electron chi connectivity index (χ1n) is 6.46. The van der Waals surface area contributed by atoms with Gasteiger partial charge in [-0.2, -0.15) is 12.7 Å². The van der Waals surface area contributed by atoms with Gasteiger partial charge in [0.1, 0.15) is 0 Å². The molecule has 0 spiro atoms. The first kappa shape index (κ1) is 16.1. The number of hydrogen-bond donors (Lipinski definition) is 2. The molecule has 21 heavy (non-hydrogen) atoms. The predicted molar refractivity (Wildman–Crippen MR) is 72.2 cm³/mol. The van der Waals surface area contributed by atoms with E-state index in [9.17, 15) is 21.6 Å². The number of nitrogens with two attached hydrogens (primary N) is 1. The molecule has 9 heteroatoms. The fraction of sp³-hybridized carbons (Fsp3) is 0.500. The molecule has 3 N–H and O–H groups in total. The molecule has 0 radical (unpaired) electrons. The van der Waals surface area contributed by atoms with Crippen LogP contribution in [0, 0.1) is 23.4 Å². The van der Waals surface area contributed by atoms with Crippen molar-refractivity contribution in [2.75, 3.05) is 24.4 Å². The molecule has 0 saturated carbocycles. The Bertz CT molecular complexity index is 593. The number of anilines is 1. The van der Waals surface area contributed by atoms with Crippen LogP contribution in [-0.4, -0.2) is 32.4 Å². The minimum absolute atomic E-state index is 0.275. The van der Waals surface area contributed by atoms with Crippen molar-refractivity contribution in [2.45, 2.75) is 12.8 Å². The largest absolute Gasteiger partial charge is 0.330 e. The van der Waals surface area contributed by atoms with E-state index in [4.69, 9.17) is 5.73 Å². The van der Waals surface area contributed by atoms with Crippen molar-refractivity contribution < 1.29 is 21.6 Å². The number of nitrogens with one attached hydrogen (secondary N) is 1. The number of halogens is 3. The molecule has 1 fully saturated rings. The molecule has 0 amide bonds. The highest BCUT2D eigenvalue weighted by Crippen LogP contribution is 2.22. The highest BCUT2D eigenvalue weighted by Gasteiger charge is 2.27. The van der Waals surface area contributed by atoms with Crippen molar-refractivity contribution in [3.8, 4) is 0 Å². The molecule has 1 aliphatic rings. The van der Waals surface area contributed by atoms with Crippen LogP contribution in [0.2, 0.25) is 0 Å². The van der Waals surface area contributed by atoms with Gasteiger partial charge in [-0.25, -0.2) is 13.2 Å². The Morgan fingerprint density at radius 1 is 1.19 bits per heavy atom. The molecular formula is C12H16F3N3O2S. The van der Waals surface area contributed by atoms with Crippen LogP contribution in [0.15, 0.2) is 12.1 Å². The van der Waals surface area contributed by atoms with E-state index in [1.165, 1.54) is 4.31 Å². The lowest BCUT2D eigenvalue weighted by molar-refractivity contribution is 0.280. The van der Waals surface area contributed by atoms with Crippen LogP contribution in [0.25, 0.3) is 0 Å². The zero-order valence-electron chi connectivity index (χ0n) is 11.2. The van der Waals surface area contributed by atoms with Gasteiger partial charge in [-0.1, -0.05) is 0 Å². The van der Waals surface area contributed by atoms with E-state index < -0.39 is 27.7 Å². The van der Waals surface area contributed by atoms with Crippen LogP contribution in [0.1, 0.15) is 12.8 Å². The van der Waals surface area contributed by atoms with Crippen molar-refractivity contribution >= 4 is 15.9 Å². The standard InChI is InChI=1S/C12H16F3N3O2S/c13-10-5-9(6-11(14)12(10)15)17-21(19,20)18-3-1-8(7-16)2-4-18/h5-6,8,17H,1-4,7,16H2. The number of nitrogens with zero attached hydrogens (tertiary/aromatic N) is 1. The minimum atomic E-state index is -3.93. The number of rotatable bonds is 4. The molecule has 1 heterocycles. The van der Waals surface area contributed by atoms with Crippen molar-refractivity contribution in [2.24, 2.45) is 11.7 Å². The van der Waals surface area contributed by atoms with Gasteiger partial charge in [-0.05, 0) is 25.3 Å². The molecule has 0 bridgehead atoms. The summed E-state index contributed by atoms with van der Waals surface area (Å²) in [6, 6.07) is 1.20. The Hall–Kier alpha value is -1.32. The van der Waals surface area contributed by atoms with Gasteiger partial charge < -0.3 is 5.73 Å². The Balaban J connectivity index is 2.11. The maximum Gasteiger partial charge on any atom is 0.301 e. The van der Waals surface area contributed by atoms with E-state index in [1.807, 2.05) is 4.72 Å². The average molecular weight is 323 g/mol. The molecule has 0 atom stereocenters. The maximum absolute atomic E-state index is 13.1. The molecule has 1 aliphatic heterocycles. The normalized spacial score (nSPS) is 17.9. The van der Waals surface area contributed by atoms with Gasteiger partial charge in [0.05, 0.1) is 5.69 Å². The zero-order valence-corrected chi connectivity index (χ0v) is 12.0. The van der Waals surface area contributed by atoms with Gasteiger partial charge >= 0.3 is 10.2 Å². The summed E-state index contributed by atoms with van der Waals surface area (Å²) >= 11 is 0. The molecule has 2 rings (SSSR count). The summed E-state index contributed by atoms with van der Waals surface area (Å²) in [5, 5.41) is 0. The molecule has 0 aliphatic carbocycles. The lowest BCUT2D eigenvalue weighted by Gasteiger charge is -2.30. The second-order valence-corrected chi connectivity index (χ2v) is 6.61. The lowest BCUT2D eigenvalue weighted by Crippen LogP contribution is -2.42. The molecular weight excluding hydrogens is 307 g/mol. The molecule has 118 valence electrons. The summed E-state index contributed by atoms with van der Waals surface area (Å²) in [7, 11) is -3.93. The lowest BCUT2D eigenvalue weighted by atomic mass is 9.99. The van der Waals surface area contributed by atoms with Crippen molar-refractivity contribution in [3.63, 3.8) is 0 Å². The zero-order chi connectivity index (χ0) is 15.6. The quantitative estimate of drug-likeness (QED) is 0.823. The van der Waals surface area contributed by atoms with Crippen LogP contribution in [0.4, 0.5) is 18.9 Å². The van der Waals surface area contributed by atoms with E-state index in [2.05, 4.69) is 0 Å². The van der Waals surface area contributed by atoms with E-state index in [1.54, 1.807) is 0 Å². The Morgan fingerprint density at radius 3 is 2.19 bits per heavy atom. The predicted octanol–water partition coefficient (Wildman–Crippen LogP) is 1.43. The summed E-state index contributed by atoms with van der Waals surface area (Å²) in [6.07, 6.45) is 1.26. The van der Waals surface area contributed by atoms with Crippen LogP contribution >= 0.6 is 0 Å². The number of piperidine rings is 1. The second-order valence-electron chi connectivity index (χ2n) is 4.94. The molecule has 0 aromatic heterocycles. The van der Waals surface area contributed by atoms with Crippen LogP contribution in [0.3, 0.4) is 0 Å². The van der Waals surface area contributed by atoms with Crippen molar-refractivity contribution in [1.29, 1.82) is 0 Å². The Kier molecular flexibility index (Phi) is 4.74. The monoisotopic (exact) mass is 323 g/mol. The van der Waals surface area contributed by atoms with Gasteiger partial charge in [-0.3, -0.25) is 4.72 Å². The van der Waals surface area contributed by atoms with Gasteiger partial charge in [0.25, 0.3) is 0 Å². The maximum atomic E-state index is 13.1. The summed E-state index contributed by atoms with van der Waals surface area (Å²) in [6.45, 7) is 1.06. The smallest absolute Gasteiger partial charge is 0.301 e. The fourth-order valence-corrected chi connectivity index (χ4v) is 3.45. The van der Waals surface area contributed by atoms with Gasteiger partial charge in [0, 0.05) is 25.2 Å². The van der Waals surface area contributed by atoms with Gasteiger partial charge in [0.2, 0.25) is 0 Å². The molecule has 1 aromatic carbocycles. The van der Waals surface area contributed by atoms with E-state index in [0.29, 0.717) is 31.5 Å². The van der Waals surface area contributed by atoms with E-state index in [0.717, 1.165) is 0 Å². The molecule has 0 unspecified atom stereocenters. The third-order valence-electron chi connectivity index (χ3n) is 3.48. The summed E-state index contributed by atoms with van der Waals surface area (Å²) < 4.78 is 66.4. The first-order chi connectivity index (χ1) is 9.83. The molecule has 5 nitrogen and oxygen atoms in total. The minimum Gasteiger partial charge on any atom is -0.330 e. The van der Waals surface area contributed by atoms with Crippen molar-refractivity contribution in [1.82, 2.24) is 4.31 Å². The SMILES string of the molecule is NCC1CCN(S(=O)(=O)Nc2cc(F)c(F)c(F)c2)CC1. The second kappa shape index (κ2) is 6.20. The average Bonchev–Trinajstić information content (AvgIpc) is 2.44. The third-order valence-corrected chi connectivity index (χ3v) is 5.02. The fourth-order valence-electron chi connectivity index (χ4n) is 2.21. The number of hydrogen-bond acceptors (Lipinski definition) is 3. The molecule has 1 aromatic rings. The highest BCUT2D eigenvalue weighted by atomic mass is 32.2. The highest BCUT2D eigenvalue weighted by molar-refractivity contribution is 7.90. The van der Waals surface area contributed by atoms with Crippen LogP contribution in [0.5, 0.6) is 0 Å². The Labute approximate surface area is 121 Å². The third kappa shape index (κ3) is 3.66. The van der Waals surface area contributed by atoms with E-state index >= 15 is 0 Å². The van der Waals surface area contributed by atoms with E-state index in [-0.39, 0.29) is 24.7 Å². The van der Waals surface area contributed by atoms with Crippen LogP contribution < -0.4 is 10.5 Å². The van der Waals surface area contributed by atoms with Crippen LogP contribution in [-0.2, 0) is 10.2 Å². The first-order valence-corrected chi connectivity index (χ1v) is 7.90. The number of benzene rings is 1. The summed E-state index contributed by atoms with van der Waals surface area (Å²) in [5.74, 6) is -4.26. The van der Waals surface area contributed by atoms with Crippen molar-refractivity contribution in [3.05, 3.63) is 29.6 Å². The Morgan fingerprint density at radius 2 is 1.71 bits per heavy atom. The topological polar surface area (TPSA) is 75.4 Å².